The highest BCUT2D eigenvalue weighted by Crippen LogP contribution is 2.49. The molecule has 2 aromatic carbocycles. The van der Waals surface area contributed by atoms with Crippen molar-refractivity contribution in [1.29, 1.82) is 0 Å². The Morgan fingerprint density at radius 1 is 1.06 bits per heavy atom. The first-order chi connectivity index (χ1) is 14.9. The molecule has 4 nitrogen and oxygen atoms in total. The molecule has 1 N–H and O–H groups in total. The van der Waals surface area contributed by atoms with Gasteiger partial charge in [-0.25, -0.2) is 0 Å². The molecule has 0 aliphatic carbocycles. The molecule has 4 rings (SSSR count). The maximum Gasteiger partial charge on any atom is 0.458 e. The van der Waals surface area contributed by atoms with Gasteiger partial charge in [-0.15, -0.1) is 0 Å². The maximum absolute atomic E-state index is 14.2. The summed E-state index contributed by atoms with van der Waals surface area (Å²) in [5, 5.41) is 2.98. The van der Waals surface area contributed by atoms with Crippen LogP contribution in [-0.4, -0.2) is 36.2 Å². The summed E-state index contributed by atoms with van der Waals surface area (Å²) in [6.07, 6.45) is -5.76. The summed E-state index contributed by atoms with van der Waals surface area (Å²) in [4.78, 5) is 14.6. The van der Waals surface area contributed by atoms with Crippen molar-refractivity contribution < 1.29 is 31.5 Å². The van der Waals surface area contributed by atoms with E-state index in [-0.39, 0.29) is 36.0 Å². The predicted molar refractivity (Wildman–Crippen MR) is 108 cm³/mol. The van der Waals surface area contributed by atoms with Crippen molar-refractivity contribution >= 4 is 11.6 Å². The number of nitrogens with zero attached hydrogens (tertiary/aromatic N) is 1. The summed E-state index contributed by atoms with van der Waals surface area (Å²) in [6.45, 7) is 3.93. The lowest BCUT2D eigenvalue weighted by Crippen LogP contribution is -2.42. The molecule has 0 atom stereocenters. The number of benzene rings is 2. The zero-order valence-corrected chi connectivity index (χ0v) is 17.6. The molecule has 0 spiro atoms. The van der Waals surface area contributed by atoms with Gasteiger partial charge in [0.15, 0.2) is 0 Å². The highest BCUT2D eigenvalue weighted by Gasteiger charge is 2.59. The van der Waals surface area contributed by atoms with Crippen LogP contribution in [0, 0.1) is 0 Å². The van der Waals surface area contributed by atoms with Gasteiger partial charge in [0.25, 0.3) is 5.91 Å². The molecule has 2 aliphatic heterocycles. The minimum Gasteiger partial charge on any atom is -0.483 e. The molecule has 2 aromatic rings. The van der Waals surface area contributed by atoms with Crippen LogP contribution in [-0.2, 0) is 12.5 Å². The predicted octanol–water partition coefficient (Wildman–Crippen LogP) is 5.10. The molecule has 0 saturated carbocycles. The van der Waals surface area contributed by atoms with Crippen LogP contribution in [0.2, 0.25) is 0 Å². The molecule has 32 heavy (non-hydrogen) atoms. The first-order valence-corrected chi connectivity index (χ1v) is 9.95. The van der Waals surface area contributed by atoms with Gasteiger partial charge in [-0.3, -0.25) is 4.79 Å². The first-order valence-electron chi connectivity index (χ1n) is 9.95. The van der Waals surface area contributed by atoms with Crippen LogP contribution in [0.15, 0.2) is 48.0 Å². The Morgan fingerprint density at radius 2 is 1.75 bits per heavy atom. The third kappa shape index (κ3) is 3.35. The number of alkyl halides is 5. The van der Waals surface area contributed by atoms with Gasteiger partial charge < -0.3 is 15.0 Å². The number of fused-ring (bicyclic) bond motifs is 2. The SMILES string of the molecule is CNCC1=C(N2Cc3ccccc3C2=O)c2cc(C(F)(F)C(F)(F)F)ccc2OC1(C)C. The van der Waals surface area contributed by atoms with E-state index >= 15 is 0 Å². The van der Waals surface area contributed by atoms with E-state index in [4.69, 9.17) is 4.74 Å². The van der Waals surface area contributed by atoms with Crippen molar-refractivity contribution in [3.05, 3.63) is 70.3 Å². The van der Waals surface area contributed by atoms with Crippen molar-refractivity contribution in [3.63, 3.8) is 0 Å². The summed E-state index contributed by atoms with van der Waals surface area (Å²) >= 11 is 0. The normalized spacial score (nSPS) is 17.9. The lowest BCUT2D eigenvalue weighted by Gasteiger charge is -2.40. The molecular weight excluding hydrogens is 431 g/mol. The number of ether oxygens (including phenoxy) is 1. The van der Waals surface area contributed by atoms with Crippen molar-refractivity contribution in [2.24, 2.45) is 0 Å². The fourth-order valence-electron chi connectivity index (χ4n) is 4.16. The number of rotatable bonds is 4. The topological polar surface area (TPSA) is 41.6 Å². The fraction of sp³-hybridized carbons (Fsp3) is 0.348. The molecule has 2 aliphatic rings. The number of amides is 1. The largest absolute Gasteiger partial charge is 0.483 e. The van der Waals surface area contributed by atoms with Crippen molar-refractivity contribution in [1.82, 2.24) is 10.2 Å². The van der Waals surface area contributed by atoms with E-state index in [9.17, 15) is 26.7 Å². The third-order valence-electron chi connectivity index (χ3n) is 5.78. The van der Waals surface area contributed by atoms with Crippen LogP contribution < -0.4 is 10.1 Å². The van der Waals surface area contributed by atoms with Crippen LogP contribution in [0.5, 0.6) is 5.75 Å². The van der Waals surface area contributed by atoms with Crippen molar-refractivity contribution in [3.8, 4) is 5.75 Å². The standard InChI is InChI=1S/C23H21F5N2O2/c1-21(2)17(11-29-3)19(30-12-13-6-4-5-7-15(13)20(30)31)16-10-14(8-9-18(16)32-21)22(24,25)23(26,27)28/h4-10,29H,11-12H2,1-3H3. The molecule has 0 fully saturated rings. The fourth-order valence-corrected chi connectivity index (χ4v) is 4.16. The molecule has 0 unspecified atom stereocenters. The zero-order chi connectivity index (χ0) is 23.5. The van der Waals surface area contributed by atoms with Crippen LogP contribution >= 0.6 is 0 Å². The summed E-state index contributed by atoms with van der Waals surface area (Å²) < 4.78 is 73.4. The van der Waals surface area contributed by atoms with Gasteiger partial charge in [-0.1, -0.05) is 18.2 Å². The van der Waals surface area contributed by atoms with E-state index in [0.717, 1.165) is 17.7 Å². The molecule has 0 bridgehead atoms. The monoisotopic (exact) mass is 452 g/mol. The van der Waals surface area contributed by atoms with Crippen LogP contribution in [0.25, 0.3) is 5.70 Å². The van der Waals surface area contributed by atoms with Gasteiger partial charge in [-0.05, 0) is 50.7 Å². The zero-order valence-electron chi connectivity index (χ0n) is 17.6. The summed E-state index contributed by atoms with van der Waals surface area (Å²) in [5.41, 5.74) is -0.0561. The molecule has 0 saturated heterocycles. The second-order valence-electron chi connectivity index (χ2n) is 8.30. The van der Waals surface area contributed by atoms with Crippen molar-refractivity contribution in [2.75, 3.05) is 13.6 Å². The highest BCUT2D eigenvalue weighted by molar-refractivity contribution is 6.04. The van der Waals surface area contributed by atoms with Gasteiger partial charge in [0, 0.05) is 28.8 Å². The lowest BCUT2D eigenvalue weighted by molar-refractivity contribution is -0.289. The average Bonchev–Trinajstić information content (AvgIpc) is 3.03. The minimum absolute atomic E-state index is 0.0251. The second kappa shape index (κ2) is 7.30. The highest BCUT2D eigenvalue weighted by atomic mass is 19.4. The molecule has 0 radical (unpaired) electrons. The van der Waals surface area contributed by atoms with Gasteiger partial charge >= 0.3 is 12.1 Å². The Hall–Kier alpha value is -2.94. The molecular formula is C23H21F5N2O2. The third-order valence-corrected chi connectivity index (χ3v) is 5.78. The number of halogens is 5. The molecule has 170 valence electrons. The van der Waals surface area contributed by atoms with Crippen LogP contribution in [0.4, 0.5) is 22.0 Å². The number of nitrogens with one attached hydrogen (secondary N) is 1. The second-order valence-corrected chi connectivity index (χ2v) is 8.30. The van der Waals surface area contributed by atoms with Gasteiger partial charge in [-0.2, -0.15) is 22.0 Å². The smallest absolute Gasteiger partial charge is 0.458 e. The number of hydrogen-bond donors (Lipinski definition) is 1. The Balaban J connectivity index is 1.94. The summed E-state index contributed by atoms with van der Waals surface area (Å²) in [6, 6.07) is 9.54. The maximum atomic E-state index is 14.2. The molecule has 0 aromatic heterocycles. The Labute approximate surface area is 181 Å². The Morgan fingerprint density at radius 3 is 2.38 bits per heavy atom. The van der Waals surface area contributed by atoms with Gasteiger partial charge in [0.1, 0.15) is 11.4 Å². The lowest BCUT2D eigenvalue weighted by atomic mass is 9.87. The van der Waals surface area contributed by atoms with Gasteiger partial charge in [0.2, 0.25) is 0 Å². The number of likely N-dealkylation sites (N-methyl/N-ethyl adjacent to an activating group) is 1. The quantitative estimate of drug-likeness (QED) is 0.657. The van der Waals surface area contributed by atoms with E-state index in [0.29, 0.717) is 17.2 Å². The molecule has 1 amide bonds. The molecule has 9 heteroatoms. The molecule has 2 heterocycles. The first kappa shape index (κ1) is 22.3. The van der Waals surface area contributed by atoms with E-state index in [1.807, 2.05) is 0 Å². The number of carbonyl (C=O) groups excluding carboxylic acids is 1. The summed E-state index contributed by atoms with van der Waals surface area (Å²) in [7, 11) is 1.67. The summed E-state index contributed by atoms with van der Waals surface area (Å²) in [5.74, 6) is -5.27. The minimum atomic E-state index is -5.76. The van der Waals surface area contributed by atoms with Crippen molar-refractivity contribution in [2.45, 2.75) is 38.1 Å². The van der Waals surface area contributed by atoms with Crippen LogP contribution in [0.1, 0.15) is 40.9 Å². The van der Waals surface area contributed by atoms with Crippen LogP contribution in [0.3, 0.4) is 0 Å². The van der Waals surface area contributed by atoms with E-state index in [1.165, 1.54) is 4.90 Å². The number of carbonyl (C=O) groups is 1. The number of hydrogen-bond acceptors (Lipinski definition) is 3. The Bertz CT molecular complexity index is 1120. The van der Waals surface area contributed by atoms with Gasteiger partial charge in [0.05, 0.1) is 12.2 Å². The van der Waals surface area contributed by atoms with E-state index in [2.05, 4.69) is 5.32 Å². The van der Waals surface area contributed by atoms with E-state index in [1.54, 1.807) is 45.2 Å². The average molecular weight is 452 g/mol. The van der Waals surface area contributed by atoms with E-state index < -0.39 is 23.3 Å². The Kier molecular flexibility index (Phi) is 5.08.